The van der Waals surface area contributed by atoms with E-state index in [1.807, 2.05) is 0 Å². The molecule has 1 aromatic rings. The summed E-state index contributed by atoms with van der Waals surface area (Å²) in [5.41, 5.74) is 1.20. The molecular weight excluding hydrogens is 222 g/mol. The van der Waals surface area contributed by atoms with Gasteiger partial charge >= 0.3 is 5.97 Å². The molecule has 0 fully saturated rings. The maximum atomic E-state index is 11.6. The predicted molar refractivity (Wildman–Crippen MR) is 61.3 cm³/mol. The Balaban J connectivity index is 3.26. The third-order valence-corrected chi connectivity index (χ3v) is 2.24. The van der Waals surface area contributed by atoms with Crippen molar-refractivity contribution >= 4 is 11.7 Å². The lowest BCUT2D eigenvalue weighted by atomic mass is 10.1. The Morgan fingerprint density at radius 1 is 1.41 bits per heavy atom. The number of rotatable bonds is 4. The van der Waals surface area contributed by atoms with Gasteiger partial charge in [-0.1, -0.05) is 6.07 Å². The van der Waals surface area contributed by atoms with E-state index in [0.717, 1.165) is 0 Å². The van der Waals surface area contributed by atoms with Crippen molar-refractivity contribution in [2.24, 2.45) is 0 Å². The minimum atomic E-state index is -0.529. The van der Waals surface area contributed by atoms with E-state index in [1.54, 1.807) is 19.1 Å². The van der Waals surface area contributed by atoms with Crippen LogP contribution >= 0.6 is 0 Å². The Morgan fingerprint density at radius 3 is 2.65 bits per heavy atom. The molecule has 17 heavy (non-hydrogen) atoms. The maximum absolute atomic E-state index is 11.6. The number of esters is 1. The molecule has 0 atom stereocenters. The van der Waals surface area contributed by atoms with Crippen molar-refractivity contribution in [1.82, 2.24) is 0 Å². The minimum Gasteiger partial charge on any atom is -0.467 e. The van der Waals surface area contributed by atoms with Gasteiger partial charge in [-0.3, -0.25) is 0 Å². The van der Waals surface area contributed by atoms with E-state index in [-0.39, 0.29) is 12.4 Å². The SMILES string of the molecule is [C-]#[N+]c1ccc(OCOC)c(C(=O)OC)c1C. The van der Waals surface area contributed by atoms with E-state index in [1.165, 1.54) is 14.2 Å². The molecule has 0 aliphatic heterocycles. The number of methoxy groups -OCH3 is 2. The molecule has 0 heterocycles. The molecule has 5 nitrogen and oxygen atoms in total. The molecule has 0 amide bonds. The van der Waals surface area contributed by atoms with Crippen LogP contribution in [-0.4, -0.2) is 27.0 Å². The van der Waals surface area contributed by atoms with Crippen LogP contribution in [-0.2, 0) is 9.47 Å². The van der Waals surface area contributed by atoms with Crippen molar-refractivity contribution in [3.8, 4) is 5.75 Å². The highest BCUT2D eigenvalue weighted by Gasteiger charge is 2.18. The molecule has 0 aliphatic carbocycles. The summed E-state index contributed by atoms with van der Waals surface area (Å²) in [6, 6.07) is 3.16. The zero-order chi connectivity index (χ0) is 12.8. The zero-order valence-corrected chi connectivity index (χ0v) is 9.94. The Kier molecular flexibility index (Phi) is 4.49. The molecule has 90 valence electrons. The number of carbonyl (C=O) groups excluding carboxylic acids is 1. The van der Waals surface area contributed by atoms with Gasteiger partial charge in [-0.15, -0.1) is 0 Å². The number of benzene rings is 1. The van der Waals surface area contributed by atoms with Crippen molar-refractivity contribution in [2.45, 2.75) is 6.92 Å². The van der Waals surface area contributed by atoms with Crippen LogP contribution in [0.25, 0.3) is 4.85 Å². The van der Waals surface area contributed by atoms with Crippen molar-refractivity contribution in [2.75, 3.05) is 21.0 Å². The summed E-state index contributed by atoms with van der Waals surface area (Å²) in [5, 5.41) is 0. The van der Waals surface area contributed by atoms with Gasteiger partial charge in [0.15, 0.2) is 12.5 Å². The first-order chi connectivity index (χ1) is 8.15. The average Bonchev–Trinajstić information content (AvgIpc) is 2.35. The molecule has 0 aliphatic rings. The van der Waals surface area contributed by atoms with Crippen LogP contribution < -0.4 is 4.74 Å². The molecule has 1 aromatic carbocycles. The third kappa shape index (κ3) is 2.74. The van der Waals surface area contributed by atoms with Gasteiger partial charge in [-0.25, -0.2) is 9.64 Å². The highest BCUT2D eigenvalue weighted by Crippen LogP contribution is 2.30. The van der Waals surface area contributed by atoms with Crippen LogP contribution in [0.1, 0.15) is 15.9 Å². The van der Waals surface area contributed by atoms with Crippen LogP contribution in [0, 0.1) is 13.5 Å². The standard InChI is InChI=1S/C12H13NO4/c1-8-9(13-2)5-6-10(17-7-15-3)11(8)12(14)16-4/h5-6H,7H2,1,3-4H3. The van der Waals surface area contributed by atoms with Crippen LogP contribution in [0.4, 0.5) is 5.69 Å². The van der Waals surface area contributed by atoms with Crippen LogP contribution in [0.3, 0.4) is 0 Å². The lowest BCUT2D eigenvalue weighted by Gasteiger charge is -2.12. The fourth-order valence-electron chi connectivity index (χ4n) is 1.40. The van der Waals surface area contributed by atoms with Gasteiger partial charge in [-0.05, 0) is 18.6 Å². The monoisotopic (exact) mass is 235 g/mol. The lowest BCUT2D eigenvalue weighted by molar-refractivity contribution is 0.0464. The number of ether oxygens (including phenoxy) is 3. The van der Waals surface area contributed by atoms with Crippen molar-refractivity contribution in [3.05, 3.63) is 34.7 Å². The second-order valence-corrected chi connectivity index (χ2v) is 3.24. The topological polar surface area (TPSA) is 49.1 Å². The number of hydrogen-bond acceptors (Lipinski definition) is 4. The Morgan fingerprint density at radius 2 is 2.12 bits per heavy atom. The van der Waals surface area contributed by atoms with E-state index in [2.05, 4.69) is 9.58 Å². The quantitative estimate of drug-likeness (QED) is 0.456. The molecular formula is C12H13NO4. The highest BCUT2D eigenvalue weighted by molar-refractivity contribution is 5.96. The van der Waals surface area contributed by atoms with Gasteiger partial charge in [-0.2, -0.15) is 0 Å². The number of nitrogens with zero attached hydrogens (tertiary/aromatic N) is 1. The van der Waals surface area contributed by atoms with Gasteiger partial charge < -0.3 is 14.2 Å². The van der Waals surface area contributed by atoms with Crippen LogP contribution in [0.15, 0.2) is 12.1 Å². The zero-order valence-electron chi connectivity index (χ0n) is 9.94. The van der Waals surface area contributed by atoms with Crippen molar-refractivity contribution < 1.29 is 19.0 Å². The van der Waals surface area contributed by atoms with Crippen molar-refractivity contribution in [1.29, 1.82) is 0 Å². The van der Waals surface area contributed by atoms with E-state index >= 15 is 0 Å². The van der Waals surface area contributed by atoms with Gasteiger partial charge in [0, 0.05) is 7.11 Å². The van der Waals surface area contributed by atoms with E-state index < -0.39 is 5.97 Å². The maximum Gasteiger partial charge on any atom is 0.340 e. The first kappa shape index (κ1) is 13.0. The summed E-state index contributed by atoms with van der Waals surface area (Å²) in [6.07, 6.45) is 0. The highest BCUT2D eigenvalue weighted by atomic mass is 16.7. The van der Waals surface area contributed by atoms with Gasteiger partial charge in [0.25, 0.3) is 0 Å². The van der Waals surface area contributed by atoms with Gasteiger partial charge in [0.1, 0.15) is 5.75 Å². The summed E-state index contributed by atoms with van der Waals surface area (Å²) in [7, 11) is 2.77. The molecule has 0 bridgehead atoms. The molecule has 0 N–H and O–H groups in total. The normalized spacial score (nSPS) is 9.53. The van der Waals surface area contributed by atoms with E-state index in [4.69, 9.17) is 16.0 Å². The minimum absolute atomic E-state index is 0.0286. The summed E-state index contributed by atoms with van der Waals surface area (Å²) in [4.78, 5) is 15.0. The van der Waals surface area contributed by atoms with E-state index in [0.29, 0.717) is 17.0 Å². The fourth-order valence-corrected chi connectivity index (χ4v) is 1.40. The number of carbonyl (C=O) groups is 1. The van der Waals surface area contributed by atoms with Crippen molar-refractivity contribution in [3.63, 3.8) is 0 Å². The summed E-state index contributed by atoms with van der Waals surface area (Å²) in [5.74, 6) is -0.178. The van der Waals surface area contributed by atoms with Crippen LogP contribution in [0.5, 0.6) is 5.75 Å². The summed E-state index contributed by atoms with van der Waals surface area (Å²) >= 11 is 0. The molecule has 0 saturated carbocycles. The molecule has 0 spiro atoms. The molecule has 0 saturated heterocycles. The van der Waals surface area contributed by atoms with Crippen LogP contribution in [0.2, 0.25) is 0 Å². The molecule has 0 radical (unpaired) electrons. The Labute approximate surface area is 99.7 Å². The Hall–Kier alpha value is -2.06. The summed E-state index contributed by atoms with van der Waals surface area (Å²) < 4.78 is 14.7. The van der Waals surface area contributed by atoms with Gasteiger partial charge in [0.2, 0.25) is 0 Å². The predicted octanol–water partition coefficient (Wildman–Crippen LogP) is 2.32. The summed E-state index contributed by atoms with van der Waals surface area (Å²) in [6.45, 7) is 8.70. The first-order valence-electron chi connectivity index (χ1n) is 4.86. The second kappa shape index (κ2) is 5.87. The fraction of sp³-hybridized carbons (Fsp3) is 0.333. The smallest absolute Gasteiger partial charge is 0.340 e. The van der Waals surface area contributed by atoms with E-state index in [9.17, 15) is 4.79 Å². The average molecular weight is 235 g/mol. The second-order valence-electron chi connectivity index (χ2n) is 3.24. The van der Waals surface area contributed by atoms with Gasteiger partial charge in [0.05, 0.1) is 19.2 Å². The molecule has 5 heteroatoms. The lowest BCUT2D eigenvalue weighted by Crippen LogP contribution is -2.09. The first-order valence-corrected chi connectivity index (χ1v) is 4.86. The largest absolute Gasteiger partial charge is 0.467 e. The third-order valence-electron chi connectivity index (χ3n) is 2.24. The Bertz CT molecular complexity index is 462. The number of hydrogen-bond donors (Lipinski definition) is 0. The molecule has 0 aromatic heterocycles. The molecule has 0 unspecified atom stereocenters. The molecule has 1 rings (SSSR count).